The largest absolute Gasteiger partial charge is 0.361 e. The number of carbonyl (C=O) groups excluding carboxylic acids is 1. The average molecular weight is 490 g/mol. The molecule has 0 spiro atoms. The van der Waals surface area contributed by atoms with Gasteiger partial charge in [0, 0.05) is 38.8 Å². The number of aromatic nitrogens is 1. The van der Waals surface area contributed by atoms with Crippen LogP contribution in [-0.2, 0) is 16.9 Å². The van der Waals surface area contributed by atoms with Gasteiger partial charge in [0.2, 0.25) is 0 Å². The maximum atomic E-state index is 14.6. The fourth-order valence-electron chi connectivity index (χ4n) is 5.03. The highest BCUT2D eigenvalue weighted by atomic mass is 35.5. The highest BCUT2D eigenvalue weighted by Crippen LogP contribution is 2.41. The SMILES string of the molecule is C[C@@]1(c2c[nH]c3ccccc23)N=C(c2ccccc2)c2cc(Cl)ccc2N(Cc2ccccc2)C1=O. The number of amides is 1. The first-order valence-electron chi connectivity index (χ1n) is 11.9. The number of rotatable bonds is 4. The molecule has 0 bridgehead atoms. The molecule has 0 saturated carbocycles. The van der Waals surface area contributed by atoms with E-state index in [1.165, 1.54) is 0 Å². The standard InChI is InChI=1S/C31H24ClN3O/c1-31(26-19-33-27-15-9-8-14-24(26)27)30(36)35(20-21-10-4-2-5-11-21)28-17-16-23(32)18-25(28)29(34-31)22-12-6-3-7-13-22/h2-19,33H,20H2,1H3/t31-/m0/s1. The Labute approximate surface area is 214 Å². The molecule has 5 aromatic rings. The van der Waals surface area contributed by atoms with E-state index in [1.807, 2.05) is 121 Å². The van der Waals surface area contributed by atoms with Crippen LogP contribution in [0.3, 0.4) is 0 Å². The van der Waals surface area contributed by atoms with Crippen LogP contribution >= 0.6 is 11.6 Å². The molecule has 1 aliphatic rings. The van der Waals surface area contributed by atoms with Crippen LogP contribution in [-0.4, -0.2) is 16.6 Å². The number of hydrogen-bond donors (Lipinski definition) is 1. The number of hydrogen-bond acceptors (Lipinski definition) is 2. The number of para-hydroxylation sites is 1. The van der Waals surface area contributed by atoms with Gasteiger partial charge in [0.05, 0.1) is 17.9 Å². The molecule has 36 heavy (non-hydrogen) atoms. The molecule has 0 aliphatic carbocycles. The van der Waals surface area contributed by atoms with Crippen molar-refractivity contribution in [2.45, 2.75) is 19.0 Å². The minimum absolute atomic E-state index is 0.0920. The molecule has 5 heteroatoms. The Morgan fingerprint density at radius 3 is 2.36 bits per heavy atom. The third-order valence-electron chi connectivity index (χ3n) is 6.85. The molecule has 1 amide bonds. The predicted octanol–water partition coefficient (Wildman–Crippen LogP) is 7.12. The number of fused-ring (bicyclic) bond motifs is 2. The molecular formula is C31H24ClN3O. The summed E-state index contributed by atoms with van der Waals surface area (Å²) < 4.78 is 0. The van der Waals surface area contributed by atoms with E-state index in [1.54, 1.807) is 0 Å². The first kappa shape index (κ1) is 22.3. The summed E-state index contributed by atoms with van der Waals surface area (Å²) in [6, 6.07) is 33.7. The molecule has 0 saturated heterocycles. The van der Waals surface area contributed by atoms with Gasteiger partial charge in [-0.15, -0.1) is 0 Å². The lowest BCUT2D eigenvalue weighted by Crippen LogP contribution is -2.43. The van der Waals surface area contributed by atoms with Crippen molar-refractivity contribution in [1.29, 1.82) is 0 Å². The van der Waals surface area contributed by atoms with Gasteiger partial charge in [-0.05, 0) is 36.8 Å². The highest BCUT2D eigenvalue weighted by Gasteiger charge is 2.44. The number of anilines is 1. The summed E-state index contributed by atoms with van der Waals surface area (Å²) in [5.74, 6) is -0.0920. The summed E-state index contributed by atoms with van der Waals surface area (Å²) in [4.78, 5) is 25.1. The second-order valence-electron chi connectivity index (χ2n) is 9.18. The molecule has 4 nitrogen and oxygen atoms in total. The van der Waals surface area contributed by atoms with Crippen LogP contribution in [0.25, 0.3) is 10.9 Å². The molecule has 176 valence electrons. The summed E-state index contributed by atoms with van der Waals surface area (Å²) in [6.07, 6.45) is 1.92. The number of benzene rings is 4. The first-order valence-corrected chi connectivity index (χ1v) is 12.3. The maximum absolute atomic E-state index is 14.6. The number of H-pyrrole nitrogens is 1. The van der Waals surface area contributed by atoms with E-state index in [0.29, 0.717) is 11.6 Å². The Hall–Kier alpha value is -4.15. The van der Waals surface area contributed by atoms with Gasteiger partial charge in [-0.25, -0.2) is 0 Å². The molecule has 2 heterocycles. The fourth-order valence-corrected chi connectivity index (χ4v) is 5.20. The van der Waals surface area contributed by atoms with E-state index >= 15 is 0 Å². The molecule has 0 fully saturated rings. The fraction of sp³-hybridized carbons (Fsp3) is 0.0968. The Morgan fingerprint density at radius 2 is 1.58 bits per heavy atom. The molecule has 1 aliphatic heterocycles. The molecule has 1 N–H and O–H groups in total. The smallest absolute Gasteiger partial charge is 0.259 e. The second-order valence-corrected chi connectivity index (χ2v) is 9.62. The number of aliphatic imine (C=N–C) groups is 1. The summed E-state index contributed by atoms with van der Waals surface area (Å²) in [5, 5.41) is 1.58. The lowest BCUT2D eigenvalue weighted by molar-refractivity contribution is -0.123. The second kappa shape index (κ2) is 8.81. The number of halogens is 1. The van der Waals surface area contributed by atoms with Crippen LogP contribution in [0.5, 0.6) is 0 Å². The van der Waals surface area contributed by atoms with Crippen molar-refractivity contribution in [3.63, 3.8) is 0 Å². The van der Waals surface area contributed by atoms with Crippen molar-refractivity contribution < 1.29 is 4.79 Å². The van der Waals surface area contributed by atoms with Crippen molar-refractivity contribution in [2.24, 2.45) is 4.99 Å². The highest BCUT2D eigenvalue weighted by molar-refractivity contribution is 6.32. The summed E-state index contributed by atoms with van der Waals surface area (Å²) in [5.41, 5.74) is 4.97. The molecule has 6 rings (SSSR count). The predicted molar refractivity (Wildman–Crippen MR) is 147 cm³/mol. The van der Waals surface area contributed by atoms with E-state index < -0.39 is 5.54 Å². The lowest BCUT2D eigenvalue weighted by atomic mass is 9.90. The van der Waals surface area contributed by atoms with Crippen molar-refractivity contribution in [3.8, 4) is 0 Å². The van der Waals surface area contributed by atoms with E-state index in [4.69, 9.17) is 16.6 Å². The quantitative estimate of drug-likeness (QED) is 0.287. The van der Waals surface area contributed by atoms with Gasteiger partial charge in [0.25, 0.3) is 5.91 Å². The van der Waals surface area contributed by atoms with Crippen molar-refractivity contribution in [1.82, 2.24) is 4.98 Å². The van der Waals surface area contributed by atoms with Gasteiger partial charge in [-0.3, -0.25) is 9.79 Å². The van der Waals surface area contributed by atoms with Gasteiger partial charge in [0.1, 0.15) is 0 Å². The Balaban J connectivity index is 1.65. The van der Waals surface area contributed by atoms with E-state index in [0.717, 1.165) is 44.6 Å². The minimum atomic E-state index is -1.18. The van der Waals surface area contributed by atoms with Gasteiger partial charge >= 0.3 is 0 Å². The summed E-state index contributed by atoms with van der Waals surface area (Å²) in [6.45, 7) is 2.34. The Kier molecular flexibility index (Phi) is 5.46. The van der Waals surface area contributed by atoms with E-state index in [-0.39, 0.29) is 5.91 Å². The number of nitrogens with zero attached hydrogens (tertiary/aromatic N) is 2. The molecular weight excluding hydrogens is 466 g/mol. The van der Waals surface area contributed by atoms with E-state index in [2.05, 4.69) is 4.98 Å². The lowest BCUT2D eigenvalue weighted by Gasteiger charge is -2.31. The number of aromatic amines is 1. The summed E-state index contributed by atoms with van der Waals surface area (Å²) in [7, 11) is 0. The molecule has 4 aromatic carbocycles. The molecule has 0 radical (unpaired) electrons. The number of nitrogens with one attached hydrogen (secondary N) is 1. The zero-order valence-corrected chi connectivity index (χ0v) is 20.5. The van der Waals surface area contributed by atoms with E-state index in [9.17, 15) is 4.79 Å². The third-order valence-corrected chi connectivity index (χ3v) is 7.08. The van der Waals surface area contributed by atoms with Crippen LogP contribution in [0.1, 0.15) is 29.2 Å². The van der Waals surface area contributed by atoms with Crippen LogP contribution in [0.2, 0.25) is 5.02 Å². The maximum Gasteiger partial charge on any atom is 0.259 e. The Bertz CT molecular complexity index is 1610. The van der Waals surface area contributed by atoms with Crippen LogP contribution in [0, 0.1) is 0 Å². The topological polar surface area (TPSA) is 48.5 Å². The number of benzodiazepines with no additional fused rings is 1. The van der Waals surface area contributed by atoms with Gasteiger partial charge in [0.15, 0.2) is 5.54 Å². The molecule has 1 atom stereocenters. The number of carbonyl (C=O) groups is 1. The third kappa shape index (κ3) is 3.71. The normalized spacial score (nSPS) is 17.6. The van der Waals surface area contributed by atoms with Crippen molar-refractivity contribution in [3.05, 3.63) is 137 Å². The monoisotopic (exact) mass is 489 g/mol. The average Bonchev–Trinajstić information content (AvgIpc) is 3.33. The Morgan fingerprint density at radius 1 is 0.889 bits per heavy atom. The zero-order chi connectivity index (χ0) is 24.7. The van der Waals surface area contributed by atoms with Crippen LogP contribution in [0.15, 0.2) is 114 Å². The zero-order valence-electron chi connectivity index (χ0n) is 19.8. The summed E-state index contributed by atoms with van der Waals surface area (Å²) >= 11 is 6.51. The first-order chi connectivity index (χ1) is 17.5. The van der Waals surface area contributed by atoms with Crippen molar-refractivity contribution in [2.75, 3.05) is 4.90 Å². The van der Waals surface area contributed by atoms with Gasteiger partial charge in [-0.2, -0.15) is 0 Å². The van der Waals surface area contributed by atoms with Crippen LogP contribution < -0.4 is 4.90 Å². The molecule has 0 unspecified atom stereocenters. The molecule has 1 aromatic heterocycles. The minimum Gasteiger partial charge on any atom is -0.361 e. The van der Waals surface area contributed by atoms with Gasteiger partial charge in [-0.1, -0.05) is 90.5 Å². The van der Waals surface area contributed by atoms with Crippen LogP contribution in [0.4, 0.5) is 5.69 Å². The van der Waals surface area contributed by atoms with Gasteiger partial charge < -0.3 is 9.88 Å². The van der Waals surface area contributed by atoms with Crippen molar-refractivity contribution >= 4 is 39.8 Å².